The van der Waals surface area contributed by atoms with Crippen LogP contribution in [0.3, 0.4) is 0 Å². The molecule has 31 heavy (non-hydrogen) atoms. The van der Waals surface area contributed by atoms with Gasteiger partial charge in [0.05, 0.1) is 12.1 Å². The predicted octanol–water partition coefficient (Wildman–Crippen LogP) is 1.06. The Kier molecular flexibility index (Phi) is 5.85. The Morgan fingerprint density at radius 3 is 2.52 bits per heavy atom. The van der Waals surface area contributed by atoms with Crippen molar-refractivity contribution in [2.75, 3.05) is 50.0 Å². The highest BCUT2D eigenvalue weighted by Gasteiger charge is 2.30. The maximum absolute atomic E-state index is 12.4. The molecule has 0 radical (unpaired) electrons. The molecule has 1 atom stereocenters. The van der Waals surface area contributed by atoms with Crippen molar-refractivity contribution in [3.63, 3.8) is 0 Å². The summed E-state index contributed by atoms with van der Waals surface area (Å²) < 4.78 is 0. The summed E-state index contributed by atoms with van der Waals surface area (Å²) in [6.45, 7) is 4.53. The van der Waals surface area contributed by atoms with Gasteiger partial charge in [-0.15, -0.1) is 0 Å². The summed E-state index contributed by atoms with van der Waals surface area (Å²) >= 11 is 0. The van der Waals surface area contributed by atoms with Crippen LogP contribution in [0, 0.1) is 0 Å². The molecule has 2 aliphatic heterocycles. The zero-order chi connectivity index (χ0) is 22.0. The monoisotopic (exact) mass is 422 g/mol. The molecule has 4 rings (SSSR count). The van der Waals surface area contributed by atoms with Crippen LogP contribution >= 0.6 is 0 Å². The van der Waals surface area contributed by atoms with Gasteiger partial charge in [-0.05, 0) is 29.8 Å². The summed E-state index contributed by atoms with van der Waals surface area (Å²) in [5.74, 6) is 0.459. The number of hydrogen-bond donors (Lipinski definition) is 2. The molecule has 2 aliphatic rings. The summed E-state index contributed by atoms with van der Waals surface area (Å²) in [4.78, 5) is 46.3. The third kappa shape index (κ3) is 4.51. The van der Waals surface area contributed by atoms with Crippen molar-refractivity contribution in [3.05, 3.63) is 53.7 Å². The minimum absolute atomic E-state index is 0.0725. The van der Waals surface area contributed by atoms with Crippen LogP contribution in [0.2, 0.25) is 0 Å². The summed E-state index contributed by atoms with van der Waals surface area (Å²) in [6, 6.07) is 10.9. The first-order valence-corrected chi connectivity index (χ1v) is 10.3. The second-order valence-electron chi connectivity index (χ2n) is 7.81. The summed E-state index contributed by atoms with van der Waals surface area (Å²) in [6.07, 6.45) is 1.33. The zero-order valence-corrected chi connectivity index (χ0v) is 17.7. The van der Waals surface area contributed by atoms with Crippen LogP contribution in [0.4, 0.5) is 11.5 Å². The molecule has 1 saturated heterocycles. The van der Waals surface area contributed by atoms with Crippen molar-refractivity contribution in [3.8, 4) is 0 Å². The molecule has 1 fully saturated rings. The second-order valence-corrected chi connectivity index (χ2v) is 7.81. The van der Waals surface area contributed by atoms with Gasteiger partial charge in [0.15, 0.2) is 0 Å². The van der Waals surface area contributed by atoms with E-state index in [0.29, 0.717) is 43.2 Å². The number of amides is 3. The van der Waals surface area contributed by atoms with Gasteiger partial charge in [-0.2, -0.15) is 0 Å². The number of aromatic nitrogens is 1. The van der Waals surface area contributed by atoms with Crippen molar-refractivity contribution in [1.29, 1.82) is 0 Å². The molecular formula is C22H26N6O3. The third-order valence-electron chi connectivity index (χ3n) is 5.72. The lowest BCUT2D eigenvalue weighted by molar-refractivity contribution is -0.130. The van der Waals surface area contributed by atoms with E-state index >= 15 is 0 Å². The van der Waals surface area contributed by atoms with Gasteiger partial charge in [0.2, 0.25) is 11.8 Å². The van der Waals surface area contributed by atoms with Crippen molar-refractivity contribution in [1.82, 2.24) is 20.1 Å². The molecule has 2 N–H and O–H groups in total. The lowest BCUT2D eigenvalue weighted by Crippen LogP contribution is -2.49. The maximum atomic E-state index is 12.4. The van der Waals surface area contributed by atoms with Gasteiger partial charge >= 0.3 is 0 Å². The zero-order valence-electron chi connectivity index (χ0n) is 17.7. The minimum Gasteiger partial charge on any atom is -0.340 e. The smallest absolute Gasteiger partial charge is 0.256 e. The highest BCUT2D eigenvalue weighted by molar-refractivity contribution is 6.01. The Bertz CT molecular complexity index is 985. The fourth-order valence-corrected chi connectivity index (χ4v) is 3.96. The average molecular weight is 422 g/mol. The van der Waals surface area contributed by atoms with Crippen LogP contribution in [0.25, 0.3) is 0 Å². The molecular weight excluding hydrogens is 396 g/mol. The maximum Gasteiger partial charge on any atom is 0.256 e. The SMILES string of the molecule is CC(=O)N1CCN(CC(=O)Nc2ccc(C3NC(=O)c4cccnc4N3C)cc2)CC1. The number of carbonyl (C=O) groups excluding carboxylic acids is 3. The number of hydrogen-bond acceptors (Lipinski definition) is 6. The minimum atomic E-state index is -0.336. The Balaban J connectivity index is 1.35. The first-order chi connectivity index (χ1) is 14.9. The van der Waals surface area contributed by atoms with Crippen molar-refractivity contribution < 1.29 is 14.4 Å². The molecule has 3 heterocycles. The van der Waals surface area contributed by atoms with E-state index in [2.05, 4.69) is 15.6 Å². The van der Waals surface area contributed by atoms with Crippen molar-refractivity contribution >= 4 is 29.2 Å². The third-order valence-corrected chi connectivity index (χ3v) is 5.72. The number of anilines is 2. The Morgan fingerprint density at radius 2 is 1.84 bits per heavy atom. The average Bonchev–Trinajstić information content (AvgIpc) is 2.77. The van der Waals surface area contributed by atoms with Gasteiger partial charge in [0.25, 0.3) is 5.91 Å². The van der Waals surface area contributed by atoms with Crippen molar-refractivity contribution in [2.24, 2.45) is 0 Å². The summed E-state index contributed by atoms with van der Waals surface area (Å²) in [5, 5.41) is 5.90. The molecule has 162 valence electrons. The molecule has 0 bridgehead atoms. The predicted molar refractivity (Wildman–Crippen MR) is 117 cm³/mol. The fourth-order valence-electron chi connectivity index (χ4n) is 3.96. The normalized spacial score (nSPS) is 18.9. The lowest BCUT2D eigenvalue weighted by Gasteiger charge is -2.35. The largest absolute Gasteiger partial charge is 0.340 e. The highest BCUT2D eigenvalue weighted by atomic mass is 16.2. The molecule has 0 aliphatic carbocycles. The number of carbonyl (C=O) groups is 3. The lowest BCUT2D eigenvalue weighted by atomic mass is 10.1. The number of rotatable bonds is 4. The van der Waals surface area contributed by atoms with Gasteiger partial charge < -0.3 is 20.4 Å². The number of fused-ring (bicyclic) bond motifs is 1. The highest BCUT2D eigenvalue weighted by Crippen LogP contribution is 2.30. The number of nitrogens with zero attached hydrogens (tertiary/aromatic N) is 4. The topological polar surface area (TPSA) is 97.9 Å². The van der Waals surface area contributed by atoms with Crippen LogP contribution < -0.4 is 15.5 Å². The van der Waals surface area contributed by atoms with Gasteiger partial charge in [0.1, 0.15) is 12.0 Å². The van der Waals surface area contributed by atoms with E-state index in [1.165, 1.54) is 0 Å². The Hall–Kier alpha value is -3.46. The second kappa shape index (κ2) is 8.73. The van der Waals surface area contributed by atoms with Crippen LogP contribution in [0.5, 0.6) is 0 Å². The van der Waals surface area contributed by atoms with Crippen LogP contribution in [0.1, 0.15) is 29.0 Å². The molecule has 9 heteroatoms. The quantitative estimate of drug-likeness (QED) is 0.765. The van der Waals surface area contributed by atoms with Crippen LogP contribution in [-0.2, 0) is 9.59 Å². The van der Waals surface area contributed by atoms with E-state index < -0.39 is 0 Å². The fraction of sp³-hybridized carbons (Fsp3) is 0.364. The van der Waals surface area contributed by atoms with E-state index in [1.807, 2.05) is 41.1 Å². The molecule has 1 aromatic carbocycles. The number of piperazine rings is 1. The Labute approximate surface area is 181 Å². The van der Waals surface area contributed by atoms with Crippen molar-refractivity contribution in [2.45, 2.75) is 13.1 Å². The van der Waals surface area contributed by atoms with E-state index in [9.17, 15) is 14.4 Å². The van der Waals surface area contributed by atoms with Gasteiger partial charge in [-0.1, -0.05) is 12.1 Å². The van der Waals surface area contributed by atoms with Gasteiger partial charge in [0, 0.05) is 52.0 Å². The number of nitrogens with one attached hydrogen (secondary N) is 2. The number of benzene rings is 1. The Morgan fingerprint density at radius 1 is 1.13 bits per heavy atom. The first kappa shape index (κ1) is 20.8. The summed E-state index contributed by atoms with van der Waals surface area (Å²) in [5.41, 5.74) is 2.14. The van der Waals surface area contributed by atoms with E-state index in [-0.39, 0.29) is 30.4 Å². The standard InChI is InChI=1S/C22H26N6O3/c1-15(29)28-12-10-27(11-13-28)14-19(30)24-17-7-5-16(6-8-17)20-25-22(31)18-4-3-9-23-21(18)26(20)2/h3-9,20H,10-14H2,1-2H3,(H,24,30)(H,25,31). The number of pyridine rings is 1. The van der Waals surface area contributed by atoms with E-state index in [0.717, 1.165) is 5.56 Å². The van der Waals surface area contributed by atoms with Crippen LogP contribution in [-0.4, -0.2) is 72.3 Å². The van der Waals surface area contributed by atoms with Crippen LogP contribution in [0.15, 0.2) is 42.6 Å². The molecule has 1 aromatic heterocycles. The van der Waals surface area contributed by atoms with Gasteiger partial charge in [-0.25, -0.2) is 4.98 Å². The van der Waals surface area contributed by atoms with Gasteiger partial charge in [-0.3, -0.25) is 19.3 Å². The van der Waals surface area contributed by atoms with E-state index in [4.69, 9.17) is 0 Å². The van der Waals surface area contributed by atoms with E-state index in [1.54, 1.807) is 30.2 Å². The molecule has 0 saturated carbocycles. The molecule has 3 amide bonds. The molecule has 9 nitrogen and oxygen atoms in total. The molecule has 0 spiro atoms. The molecule has 2 aromatic rings. The summed E-state index contributed by atoms with van der Waals surface area (Å²) in [7, 11) is 1.89. The first-order valence-electron chi connectivity index (χ1n) is 10.3. The molecule has 1 unspecified atom stereocenters.